The summed E-state index contributed by atoms with van der Waals surface area (Å²) in [6, 6.07) is 0.611. The van der Waals surface area contributed by atoms with E-state index in [0.29, 0.717) is 6.04 Å². The number of hydrogen-bond donors (Lipinski definition) is 1. The van der Waals surface area contributed by atoms with Gasteiger partial charge in [-0.1, -0.05) is 18.5 Å². The van der Waals surface area contributed by atoms with Crippen LogP contribution in [0.15, 0.2) is 0 Å². The van der Waals surface area contributed by atoms with Gasteiger partial charge in [0.1, 0.15) is 0 Å². The molecule has 0 amide bonds. The first-order chi connectivity index (χ1) is 9.65. The summed E-state index contributed by atoms with van der Waals surface area (Å²) >= 11 is 6.34. The van der Waals surface area contributed by atoms with Gasteiger partial charge < -0.3 is 10.2 Å². The van der Waals surface area contributed by atoms with Crippen LogP contribution >= 0.6 is 11.6 Å². The predicted octanol–water partition coefficient (Wildman–Crippen LogP) is 2.83. The number of halogens is 1. The molecule has 0 bridgehead atoms. The third kappa shape index (κ3) is 3.74. The van der Waals surface area contributed by atoms with E-state index in [4.69, 9.17) is 11.6 Å². The highest BCUT2D eigenvalue weighted by atomic mass is 35.5. The first-order valence-corrected chi connectivity index (χ1v) is 8.21. The molecule has 5 heteroatoms. The van der Waals surface area contributed by atoms with Crippen LogP contribution in [0.4, 0.5) is 0 Å². The lowest BCUT2D eigenvalue weighted by Crippen LogP contribution is -2.42. The van der Waals surface area contributed by atoms with Crippen LogP contribution < -0.4 is 5.32 Å². The summed E-state index contributed by atoms with van der Waals surface area (Å²) in [5.74, 6) is 0. The molecular weight excluding hydrogens is 272 g/mol. The zero-order chi connectivity index (χ0) is 14.5. The molecule has 1 saturated heterocycles. The molecule has 4 nitrogen and oxygen atoms in total. The van der Waals surface area contributed by atoms with Crippen LogP contribution in [0.1, 0.15) is 44.5 Å². The van der Waals surface area contributed by atoms with Crippen molar-refractivity contribution < 1.29 is 0 Å². The van der Waals surface area contributed by atoms with Crippen molar-refractivity contribution >= 4 is 11.6 Å². The van der Waals surface area contributed by atoms with Crippen LogP contribution in [0.25, 0.3) is 0 Å². The van der Waals surface area contributed by atoms with Crippen molar-refractivity contribution in [2.24, 2.45) is 0 Å². The van der Waals surface area contributed by atoms with Crippen LogP contribution in [0.5, 0.6) is 0 Å². The van der Waals surface area contributed by atoms with Crippen molar-refractivity contribution in [1.82, 2.24) is 20.0 Å². The number of nitrogens with zero attached hydrogens (tertiary/aromatic N) is 3. The fraction of sp³-hybridized carbons (Fsp3) is 0.800. The zero-order valence-electron chi connectivity index (χ0n) is 13.0. The Kier molecular flexibility index (Phi) is 5.87. The van der Waals surface area contributed by atoms with E-state index in [1.165, 1.54) is 38.9 Å². The molecule has 1 aromatic heterocycles. The van der Waals surface area contributed by atoms with E-state index in [1.807, 2.05) is 11.6 Å². The molecule has 114 valence electrons. The van der Waals surface area contributed by atoms with E-state index in [9.17, 15) is 0 Å². The van der Waals surface area contributed by atoms with Crippen LogP contribution in [-0.2, 0) is 13.1 Å². The van der Waals surface area contributed by atoms with Gasteiger partial charge in [0, 0.05) is 19.1 Å². The van der Waals surface area contributed by atoms with Gasteiger partial charge in [-0.05, 0) is 52.7 Å². The zero-order valence-corrected chi connectivity index (χ0v) is 13.7. The van der Waals surface area contributed by atoms with Gasteiger partial charge in [0.05, 0.1) is 16.4 Å². The van der Waals surface area contributed by atoms with Crippen LogP contribution in [0, 0.1) is 6.92 Å². The van der Waals surface area contributed by atoms with E-state index in [0.717, 1.165) is 29.5 Å². The molecule has 0 atom stereocenters. The first kappa shape index (κ1) is 15.8. The molecule has 0 saturated carbocycles. The molecule has 1 aliphatic heterocycles. The lowest BCUT2D eigenvalue weighted by molar-refractivity contribution is 0.197. The van der Waals surface area contributed by atoms with Crippen LogP contribution in [0.3, 0.4) is 0 Å². The Morgan fingerprint density at radius 2 is 2.00 bits per heavy atom. The molecule has 2 rings (SSSR count). The topological polar surface area (TPSA) is 33.1 Å². The second-order valence-electron chi connectivity index (χ2n) is 5.66. The Hall–Kier alpha value is -0.580. The summed E-state index contributed by atoms with van der Waals surface area (Å²) in [5.41, 5.74) is 2.06. The van der Waals surface area contributed by atoms with Gasteiger partial charge in [0.15, 0.2) is 0 Å². The molecule has 1 aliphatic rings. The number of nitrogens with one attached hydrogen (secondary N) is 1. The van der Waals surface area contributed by atoms with Crippen molar-refractivity contribution in [2.45, 2.75) is 59.2 Å². The Morgan fingerprint density at radius 1 is 1.30 bits per heavy atom. The maximum absolute atomic E-state index is 6.34. The molecule has 0 spiro atoms. The molecule has 1 fully saturated rings. The minimum Gasteiger partial charge on any atom is -0.308 e. The molecule has 1 N–H and O–H groups in total. The van der Waals surface area contributed by atoms with Gasteiger partial charge in [0.25, 0.3) is 0 Å². The number of piperidine rings is 1. The number of aryl methyl sites for hydroxylation is 2. The smallest absolute Gasteiger partial charge is 0.0860 e. The van der Waals surface area contributed by atoms with Gasteiger partial charge >= 0.3 is 0 Å². The first-order valence-electron chi connectivity index (χ1n) is 7.83. The van der Waals surface area contributed by atoms with Crippen molar-refractivity contribution in [3.05, 3.63) is 16.4 Å². The van der Waals surface area contributed by atoms with E-state index >= 15 is 0 Å². The van der Waals surface area contributed by atoms with E-state index in [1.54, 1.807) is 0 Å². The van der Waals surface area contributed by atoms with Crippen molar-refractivity contribution in [3.63, 3.8) is 0 Å². The Morgan fingerprint density at radius 3 is 2.60 bits per heavy atom. The van der Waals surface area contributed by atoms with Crippen molar-refractivity contribution in [3.8, 4) is 0 Å². The van der Waals surface area contributed by atoms with Gasteiger partial charge in [-0.2, -0.15) is 5.10 Å². The van der Waals surface area contributed by atoms with Crippen LogP contribution in [-0.4, -0.2) is 40.4 Å². The number of aromatic nitrogens is 2. The minimum absolute atomic E-state index is 0.611. The predicted molar refractivity (Wildman–Crippen MR) is 84.2 cm³/mol. The number of likely N-dealkylation sites (tertiary alicyclic amines) is 1. The molecule has 0 radical (unpaired) electrons. The third-order valence-corrected chi connectivity index (χ3v) is 4.63. The summed E-state index contributed by atoms with van der Waals surface area (Å²) in [6.07, 6.45) is 3.72. The number of hydrogen-bond acceptors (Lipinski definition) is 3. The SMILES string of the molecule is CCCN1CCC(NCc2c(Cl)c(C)nn2CC)CC1. The largest absolute Gasteiger partial charge is 0.308 e. The van der Waals surface area contributed by atoms with Gasteiger partial charge in [0.2, 0.25) is 0 Å². The van der Waals surface area contributed by atoms with Gasteiger partial charge in [-0.3, -0.25) is 4.68 Å². The summed E-state index contributed by atoms with van der Waals surface area (Å²) in [4.78, 5) is 2.56. The molecule has 0 unspecified atom stereocenters. The Bertz CT molecular complexity index is 422. The van der Waals surface area contributed by atoms with E-state index in [-0.39, 0.29) is 0 Å². The minimum atomic E-state index is 0.611. The lowest BCUT2D eigenvalue weighted by atomic mass is 10.0. The van der Waals surface area contributed by atoms with E-state index < -0.39 is 0 Å². The van der Waals surface area contributed by atoms with E-state index in [2.05, 4.69) is 29.2 Å². The number of rotatable bonds is 6. The highest BCUT2D eigenvalue weighted by molar-refractivity contribution is 6.31. The Labute approximate surface area is 127 Å². The average Bonchev–Trinajstić information content (AvgIpc) is 2.74. The summed E-state index contributed by atoms with van der Waals surface area (Å²) in [6.45, 7) is 11.7. The second kappa shape index (κ2) is 7.43. The Balaban J connectivity index is 1.84. The second-order valence-corrected chi connectivity index (χ2v) is 6.04. The lowest BCUT2D eigenvalue weighted by Gasteiger charge is -2.32. The van der Waals surface area contributed by atoms with Crippen molar-refractivity contribution in [2.75, 3.05) is 19.6 Å². The molecule has 0 aromatic carbocycles. The fourth-order valence-corrected chi connectivity index (χ4v) is 3.16. The average molecular weight is 299 g/mol. The molecule has 0 aliphatic carbocycles. The van der Waals surface area contributed by atoms with Crippen molar-refractivity contribution in [1.29, 1.82) is 0 Å². The maximum Gasteiger partial charge on any atom is 0.0860 e. The maximum atomic E-state index is 6.34. The summed E-state index contributed by atoms with van der Waals surface area (Å²) < 4.78 is 2.01. The highest BCUT2D eigenvalue weighted by Crippen LogP contribution is 2.21. The van der Waals surface area contributed by atoms with Gasteiger partial charge in [-0.15, -0.1) is 0 Å². The molecule has 1 aromatic rings. The summed E-state index contributed by atoms with van der Waals surface area (Å²) in [5, 5.41) is 8.94. The highest BCUT2D eigenvalue weighted by Gasteiger charge is 2.19. The molecule has 20 heavy (non-hydrogen) atoms. The fourth-order valence-electron chi connectivity index (χ4n) is 2.96. The summed E-state index contributed by atoms with van der Waals surface area (Å²) in [7, 11) is 0. The molecular formula is C15H27ClN4. The van der Waals surface area contributed by atoms with Gasteiger partial charge in [-0.25, -0.2) is 0 Å². The van der Waals surface area contributed by atoms with Crippen LogP contribution in [0.2, 0.25) is 5.02 Å². The monoisotopic (exact) mass is 298 g/mol. The quantitative estimate of drug-likeness (QED) is 0.877. The standard InChI is InChI=1S/C15H27ClN4/c1-4-8-19-9-6-13(7-10-19)17-11-14-15(16)12(3)18-20(14)5-2/h13,17H,4-11H2,1-3H3. The normalized spacial score (nSPS) is 17.8. The molecule has 2 heterocycles. The third-order valence-electron chi connectivity index (χ3n) is 4.14.